The summed E-state index contributed by atoms with van der Waals surface area (Å²) in [6.07, 6.45) is 2.98. The number of sulfonamides is 1. The number of hydrogen-bond acceptors (Lipinski definition) is 7. The molecule has 0 fully saturated rings. The minimum absolute atomic E-state index is 0.0416. The normalized spacial score (nSPS) is 11.7. The molecule has 2 heterocycles. The predicted octanol–water partition coefficient (Wildman–Crippen LogP) is 4.48. The Hall–Kier alpha value is -4.05. The average molecular weight is 478 g/mol. The molecule has 9 nitrogen and oxygen atoms in total. The number of hydrogen-bond donors (Lipinski definition) is 2. The lowest BCUT2D eigenvalue weighted by atomic mass is 9.97. The van der Waals surface area contributed by atoms with Crippen molar-refractivity contribution in [1.29, 1.82) is 0 Å². The molecule has 0 aliphatic heterocycles. The molecule has 4 rings (SSSR count). The number of carbonyl (C=O) groups excluding carboxylic acids is 1. The van der Waals surface area contributed by atoms with Crippen molar-refractivity contribution in [3.8, 4) is 11.4 Å². The molecule has 0 saturated heterocycles. The summed E-state index contributed by atoms with van der Waals surface area (Å²) in [6, 6.07) is 15.8. The standard InChI is InChI=1S/C24H23N5O4S/c1-24(2,3)23-27-21(28-33-23)16-4-8-18(9-5-16)26-22(30)17-6-10-20(11-7-17)34(31,32)29-19-12-14-25-15-13-19/h4-15H,1-3H3,(H,25,29)(H,26,30). The summed E-state index contributed by atoms with van der Waals surface area (Å²) in [5, 5.41) is 6.80. The highest BCUT2D eigenvalue weighted by molar-refractivity contribution is 7.92. The first-order chi connectivity index (χ1) is 16.1. The van der Waals surface area contributed by atoms with Crippen LogP contribution < -0.4 is 10.0 Å². The van der Waals surface area contributed by atoms with Crippen molar-refractivity contribution in [2.24, 2.45) is 0 Å². The number of anilines is 2. The number of carbonyl (C=O) groups is 1. The van der Waals surface area contributed by atoms with E-state index in [-0.39, 0.29) is 16.2 Å². The molecule has 1 amide bonds. The van der Waals surface area contributed by atoms with Gasteiger partial charge < -0.3 is 9.84 Å². The quantitative estimate of drug-likeness (QED) is 0.419. The van der Waals surface area contributed by atoms with Gasteiger partial charge >= 0.3 is 0 Å². The van der Waals surface area contributed by atoms with E-state index in [2.05, 4.69) is 25.2 Å². The molecule has 2 N–H and O–H groups in total. The number of rotatable bonds is 6. The fourth-order valence-electron chi connectivity index (χ4n) is 2.97. The van der Waals surface area contributed by atoms with E-state index in [1.165, 1.54) is 36.7 Å². The Balaban J connectivity index is 1.42. The van der Waals surface area contributed by atoms with Crippen LogP contribution in [0.3, 0.4) is 0 Å². The number of amides is 1. The molecule has 0 aliphatic rings. The Labute approximate surface area is 197 Å². The minimum atomic E-state index is -3.78. The monoisotopic (exact) mass is 477 g/mol. The molecule has 0 aliphatic carbocycles. The zero-order valence-electron chi connectivity index (χ0n) is 18.8. The van der Waals surface area contributed by atoms with Gasteiger partial charge in [-0.1, -0.05) is 25.9 Å². The first-order valence-corrected chi connectivity index (χ1v) is 11.9. The highest BCUT2D eigenvalue weighted by atomic mass is 32.2. The molecule has 0 unspecified atom stereocenters. The second-order valence-corrected chi connectivity index (χ2v) is 10.3. The van der Waals surface area contributed by atoms with E-state index in [1.54, 1.807) is 36.4 Å². The number of nitrogens with zero attached hydrogens (tertiary/aromatic N) is 3. The molecule has 174 valence electrons. The summed E-state index contributed by atoms with van der Waals surface area (Å²) in [4.78, 5) is 20.9. The van der Waals surface area contributed by atoms with Crippen LogP contribution in [0.2, 0.25) is 0 Å². The van der Waals surface area contributed by atoms with Gasteiger partial charge in [0.25, 0.3) is 15.9 Å². The van der Waals surface area contributed by atoms with Gasteiger partial charge in [0.15, 0.2) is 0 Å². The van der Waals surface area contributed by atoms with Crippen LogP contribution in [-0.2, 0) is 15.4 Å². The van der Waals surface area contributed by atoms with Gasteiger partial charge in [-0.25, -0.2) is 8.42 Å². The van der Waals surface area contributed by atoms with Crippen LogP contribution in [0.4, 0.5) is 11.4 Å². The van der Waals surface area contributed by atoms with Gasteiger partial charge in [-0.2, -0.15) is 4.98 Å². The van der Waals surface area contributed by atoms with Crippen LogP contribution in [0.25, 0.3) is 11.4 Å². The van der Waals surface area contributed by atoms with Crippen LogP contribution in [-0.4, -0.2) is 29.4 Å². The van der Waals surface area contributed by atoms with Crippen molar-refractivity contribution in [2.75, 3.05) is 10.0 Å². The number of benzene rings is 2. The molecule has 0 spiro atoms. The average Bonchev–Trinajstić information content (AvgIpc) is 3.31. The smallest absolute Gasteiger partial charge is 0.261 e. The van der Waals surface area contributed by atoms with Gasteiger partial charge in [0.05, 0.1) is 10.6 Å². The second-order valence-electron chi connectivity index (χ2n) is 8.57. The van der Waals surface area contributed by atoms with Crippen LogP contribution in [0.15, 0.2) is 82.5 Å². The molecular weight excluding hydrogens is 454 g/mol. The summed E-state index contributed by atoms with van der Waals surface area (Å²) in [6.45, 7) is 5.97. The van der Waals surface area contributed by atoms with Crippen molar-refractivity contribution >= 4 is 27.3 Å². The Bertz CT molecular complexity index is 1390. The van der Waals surface area contributed by atoms with Crippen molar-refractivity contribution in [2.45, 2.75) is 31.1 Å². The van der Waals surface area contributed by atoms with Gasteiger partial charge in [0, 0.05) is 34.6 Å². The third-order valence-electron chi connectivity index (χ3n) is 4.83. The third-order valence-corrected chi connectivity index (χ3v) is 6.23. The maximum absolute atomic E-state index is 12.6. The zero-order chi connectivity index (χ0) is 24.3. The molecule has 10 heteroatoms. The topological polar surface area (TPSA) is 127 Å². The van der Waals surface area contributed by atoms with Gasteiger partial charge in [-0.15, -0.1) is 0 Å². The van der Waals surface area contributed by atoms with Crippen molar-refractivity contribution < 1.29 is 17.7 Å². The molecule has 2 aromatic carbocycles. The van der Waals surface area contributed by atoms with Gasteiger partial charge in [0.1, 0.15) is 0 Å². The molecule has 0 atom stereocenters. The van der Waals surface area contributed by atoms with E-state index in [4.69, 9.17) is 4.52 Å². The first-order valence-electron chi connectivity index (χ1n) is 10.4. The van der Waals surface area contributed by atoms with Gasteiger partial charge in [-0.05, 0) is 60.7 Å². The van der Waals surface area contributed by atoms with E-state index in [1.807, 2.05) is 20.8 Å². The lowest BCUT2D eigenvalue weighted by molar-refractivity contribution is 0.102. The van der Waals surface area contributed by atoms with Crippen molar-refractivity contribution in [3.63, 3.8) is 0 Å². The van der Waals surface area contributed by atoms with Crippen LogP contribution in [0, 0.1) is 0 Å². The molecule has 0 saturated carbocycles. The Morgan fingerprint density at radius 2 is 1.53 bits per heavy atom. The maximum Gasteiger partial charge on any atom is 0.261 e. The Kier molecular flexibility index (Phi) is 6.16. The minimum Gasteiger partial charge on any atom is -0.338 e. The lowest BCUT2D eigenvalue weighted by Gasteiger charge is -2.10. The fourth-order valence-corrected chi connectivity index (χ4v) is 4.03. The van der Waals surface area contributed by atoms with Gasteiger partial charge in [-0.3, -0.25) is 14.5 Å². The molecule has 0 radical (unpaired) electrons. The fraction of sp³-hybridized carbons (Fsp3) is 0.167. The van der Waals surface area contributed by atoms with E-state index in [0.717, 1.165) is 5.56 Å². The van der Waals surface area contributed by atoms with Crippen LogP contribution in [0.5, 0.6) is 0 Å². The largest absolute Gasteiger partial charge is 0.338 e. The van der Waals surface area contributed by atoms with E-state index in [9.17, 15) is 13.2 Å². The lowest BCUT2D eigenvalue weighted by Crippen LogP contribution is -2.14. The Morgan fingerprint density at radius 3 is 2.12 bits per heavy atom. The summed E-state index contributed by atoms with van der Waals surface area (Å²) in [7, 11) is -3.78. The van der Waals surface area contributed by atoms with E-state index < -0.39 is 10.0 Å². The molecule has 34 heavy (non-hydrogen) atoms. The number of nitrogens with one attached hydrogen (secondary N) is 2. The summed E-state index contributed by atoms with van der Waals surface area (Å²) >= 11 is 0. The van der Waals surface area contributed by atoms with Crippen LogP contribution >= 0.6 is 0 Å². The summed E-state index contributed by atoms with van der Waals surface area (Å²) in [5.41, 5.74) is 1.80. The SMILES string of the molecule is CC(C)(C)c1nc(-c2ccc(NC(=O)c3ccc(S(=O)(=O)Nc4ccncc4)cc3)cc2)no1. The highest BCUT2D eigenvalue weighted by Gasteiger charge is 2.22. The van der Waals surface area contributed by atoms with Gasteiger partial charge in [0.2, 0.25) is 11.7 Å². The number of aromatic nitrogens is 3. The zero-order valence-corrected chi connectivity index (χ0v) is 19.6. The summed E-state index contributed by atoms with van der Waals surface area (Å²) in [5.74, 6) is 0.648. The maximum atomic E-state index is 12.6. The first kappa shape index (κ1) is 23.1. The predicted molar refractivity (Wildman–Crippen MR) is 128 cm³/mol. The summed E-state index contributed by atoms with van der Waals surface area (Å²) < 4.78 is 32.8. The van der Waals surface area contributed by atoms with Crippen molar-refractivity contribution in [3.05, 3.63) is 84.5 Å². The highest BCUT2D eigenvalue weighted by Crippen LogP contribution is 2.25. The van der Waals surface area contributed by atoms with Crippen molar-refractivity contribution in [1.82, 2.24) is 15.1 Å². The second kappa shape index (κ2) is 9.06. The third kappa shape index (κ3) is 5.29. The number of pyridine rings is 1. The Morgan fingerprint density at radius 1 is 0.882 bits per heavy atom. The molecule has 2 aromatic heterocycles. The molecular formula is C24H23N5O4S. The van der Waals surface area contributed by atoms with E-state index in [0.29, 0.717) is 28.7 Å². The molecule has 0 bridgehead atoms. The molecule has 4 aromatic rings. The van der Waals surface area contributed by atoms with Crippen LogP contribution in [0.1, 0.15) is 37.0 Å². The van der Waals surface area contributed by atoms with E-state index >= 15 is 0 Å².